The molecule has 0 saturated carbocycles. The van der Waals surface area contributed by atoms with E-state index in [-0.39, 0.29) is 0 Å². The Hall–Kier alpha value is -8.20. The fourth-order valence-corrected chi connectivity index (χ4v) is 10.3. The minimum atomic E-state index is 1.15. The van der Waals surface area contributed by atoms with Gasteiger partial charge in [-0.15, -0.1) is 0 Å². The first-order valence-corrected chi connectivity index (χ1v) is 21.4. The number of aromatic nitrogens is 2. The Morgan fingerprint density at radius 2 is 0.565 bits per heavy atom. The molecule has 0 fully saturated rings. The smallest absolute Gasteiger partial charge is 0.0541 e. The Bertz CT molecular complexity index is 3870. The Labute approximate surface area is 358 Å². The third kappa shape index (κ3) is 5.23. The van der Waals surface area contributed by atoms with E-state index in [0.29, 0.717) is 0 Å². The van der Waals surface area contributed by atoms with Gasteiger partial charge in [-0.05, 0) is 126 Å². The SMILES string of the molecule is c1ccc(-c2ccccc2-c2ccc(-n3c4ccccc4c4cc(-c5ccc6c(c5)c5ccccc5n6-c5ccc6c7ccccc7c7ccccc7c6c5)ccc43)cc2)cc1. The number of rotatable bonds is 5. The lowest BCUT2D eigenvalue weighted by atomic mass is 9.94. The van der Waals surface area contributed by atoms with Gasteiger partial charge in [0.2, 0.25) is 0 Å². The molecule has 0 saturated heterocycles. The molecular weight excluding hydrogens is 749 g/mol. The van der Waals surface area contributed by atoms with Crippen molar-refractivity contribution >= 4 is 75.9 Å². The minimum Gasteiger partial charge on any atom is -0.309 e. The zero-order chi connectivity index (χ0) is 40.7. The zero-order valence-corrected chi connectivity index (χ0v) is 33.8. The van der Waals surface area contributed by atoms with Crippen LogP contribution in [0, 0.1) is 0 Å². The van der Waals surface area contributed by atoms with Gasteiger partial charge in [-0.25, -0.2) is 0 Å². The van der Waals surface area contributed by atoms with Gasteiger partial charge >= 0.3 is 0 Å². The van der Waals surface area contributed by atoms with Crippen LogP contribution in [-0.2, 0) is 0 Å². The molecule has 13 aromatic rings. The second kappa shape index (κ2) is 13.7. The Morgan fingerprint density at radius 1 is 0.194 bits per heavy atom. The average molecular weight is 787 g/mol. The van der Waals surface area contributed by atoms with Crippen LogP contribution in [0.2, 0.25) is 0 Å². The van der Waals surface area contributed by atoms with Crippen molar-refractivity contribution in [3.05, 3.63) is 231 Å². The van der Waals surface area contributed by atoms with Crippen molar-refractivity contribution in [2.45, 2.75) is 0 Å². The molecule has 0 aliphatic heterocycles. The molecule has 0 aliphatic carbocycles. The highest BCUT2D eigenvalue weighted by Crippen LogP contribution is 2.41. The van der Waals surface area contributed by atoms with E-state index in [1.165, 1.54) is 115 Å². The number of nitrogens with zero attached hydrogens (tertiary/aromatic N) is 2. The number of para-hydroxylation sites is 2. The van der Waals surface area contributed by atoms with Crippen molar-refractivity contribution in [1.82, 2.24) is 9.13 Å². The molecular formula is C60H38N2. The second-order valence-corrected chi connectivity index (χ2v) is 16.4. The quantitative estimate of drug-likeness (QED) is 0.154. The largest absolute Gasteiger partial charge is 0.309 e. The monoisotopic (exact) mass is 786 g/mol. The van der Waals surface area contributed by atoms with Gasteiger partial charge in [-0.1, -0.05) is 170 Å². The minimum absolute atomic E-state index is 1.15. The van der Waals surface area contributed by atoms with E-state index >= 15 is 0 Å². The van der Waals surface area contributed by atoms with Crippen molar-refractivity contribution in [2.75, 3.05) is 0 Å². The molecule has 0 N–H and O–H groups in total. The van der Waals surface area contributed by atoms with E-state index < -0.39 is 0 Å². The first-order valence-electron chi connectivity index (χ1n) is 21.4. The summed E-state index contributed by atoms with van der Waals surface area (Å²) in [5.41, 5.74) is 14.4. The van der Waals surface area contributed by atoms with Gasteiger partial charge in [0.1, 0.15) is 0 Å². The standard InChI is InChI=1S/C60H38N2/c1-2-14-39(15-3-1)45-16-4-5-17-46(45)40-26-30-43(31-27-40)61-57-24-12-10-22-52(57)55-36-41(28-34-59(55)61)42-29-35-60-56(37-42)53-23-11-13-25-58(53)62(60)44-32-33-51-49-20-7-6-18-47(49)48-19-8-9-21-50(48)54(51)38-44/h1-38H. The molecule has 2 nitrogen and oxygen atoms in total. The highest BCUT2D eigenvalue weighted by Gasteiger charge is 2.18. The van der Waals surface area contributed by atoms with Crippen molar-refractivity contribution in [3.8, 4) is 44.8 Å². The van der Waals surface area contributed by atoms with Crippen LogP contribution in [0.1, 0.15) is 0 Å². The summed E-state index contributed by atoms with van der Waals surface area (Å²) in [6, 6.07) is 84.7. The molecule has 0 aliphatic rings. The molecule has 0 radical (unpaired) electrons. The molecule has 0 unspecified atom stereocenters. The molecule has 0 atom stereocenters. The van der Waals surface area contributed by atoms with Crippen LogP contribution in [0.4, 0.5) is 0 Å². The Kier molecular flexibility index (Phi) is 7.64. The van der Waals surface area contributed by atoms with Gasteiger partial charge in [0, 0.05) is 32.9 Å². The lowest BCUT2D eigenvalue weighted by Crippen LogP contribution is -1.94. The predicted octanol–water partition coefficient (Wildman–Crippen LogP) is 16.3. The van der Waals surface area contributed by atoms with E-state index in [2.05, 4.69) is 240 Å². The van der Waals surface area contributed by atoms with Crippen LogP contribution >= 0.6 is 0 Å². The summed E-state index contributed by atoms with van der Waals surface area (Å²) >= 11 is 0. The van der Waals surface area contributed by atoms with Gasteiger partial charge in [-0.2, -0.15) is 0 Å². The molecule has 2 aromatic heterocycles. The fraction of sp³-hybridized carbons (Fsp3) is 0. The number of fused-ring (bicyclic) bond motifs is 12. The number of benzene rings is 11. The van der Waals surface area contributed by atoms with Crippen LogP contribution in [0.3, 0.4) is 0 Å². The van der Waals surface area contributed by atoms with Gasteiger partial charge in [0.05, 0.1) is 22.1 Å². The first-order chi connectivity index (χ1) is 30.8. The predicted molar refractivity (Wildman–Crippen MR) is 264 cm³/mol. The maximum atomic E-state index is 2.44. The first kappa shape index (κ1) is 34.6. The van der Waals surface area contributed by atoms with Crippen molar-refractivity contribution < 1.29 is 0 Å². The van der Waals surface area contributed by atoms with Gasteiger partial charge in [0.25, 0.3) is 0 Å². The van der Waals surface area contributed by atoms with E-state index in [4.69, 9.17) is 0 Å². The van der Waals surface area contributed by atoms with Crippen LogP contribution < -0.4 is 0 Å². The zero-order valence-electron chi connectivity index (χ0n) is 33.8. The topological polar surface area (TPSA) is 9.86 Å². The molecule has 11 aromatic carbocycles. The lowest BCUT2D eigenvalue weighted by Gasteiger charge is -2.14. The van der Waals surface area contributed by atoms with Gasteiger partial charge in [-0.3, -0.25) is 0 Å². The van der Waals surface area contributed by atoms with Crippen molar-refractivity contribution in [2.24, 2.45) is 0 Å². The van der Waals surface area contributed by atoms with Crippen LogP contribution in [0.5, 0.6) is 0 Å². The summed E-state index contributed by atoms with van der Waals surface area (Å²) in [4.78, 5) is 0. The van der Waals surface area contributed by atoms with Crippen LogP contribution in [-0.4, -0.2) is 9.13 Å². The Balaban J connectivity index is 0.928. The van der Waals surface area contributed by atoms with Crippen molar-refractivity contribution in [3.63, 3.8) is 0 Å². The molecule has 2 heteroatoms. The molecule has 13 rings (SSSR count). The number of hydrogen-bond acceptors (Lipinski definition) is 0. The lowest BCUT2D eigenvalue weighted by molar-refractivity contribution is 1.18. The molecule has 0 amide bonds. The highest BCUT2D eigenvalue weighted by atomic mass is 15.0. The molecule has 0 spiro atoms. The summed E-state index contributed by atoms with van der Waals surface area (Å²) in [6.07, 6.45) is 0. The number of hydrogen-bond donors (Lipinski definition) is 0. The summed E-state index contributed by atoms with van der Waals surface area (Å²) in [7, 11) is 0. The summed E-state index contributed by atoms with van der Waals surface area (Å²) in [6.45, 7) is 0. The van der Waals surface area contributed by atoms with Crippen LogP contribution in [0.25, 0.3) is 121 Å². The third-order valence-electron chi connectivity index (χ3n) is 13.1. The molecule has 2 heterocycles. The summed E-state index contributed by atoms with van der Waals surface area (Å²) < 4.78 is 4.86. The normalized spacial score (nSPS) is 11.9. The maximum Gasteiger partial charge on any atom is 0.0541 e. The fourth-order valence-electron chi connectivity index (χ4n) is 10.3. The molecule has 0 bridgehead atoms. The average Bonchev–Trinajstić information content (AvgIpc) is 3.86. The third-order valence-corrected chi connectivity index (χ3v) is 13.1. The van der Waals surface area contributed by atoms with Gasteiger partial charge in [0.15, 0.2) is 0 Å². The van der Waals surface area contributed by atoms with E-state index in [1.54, 1.807) is 0 Å². The van der Waals surface area contributed by atoms with E-state index in [9.17, 15) is 0 Å². The highest BCUT2D eigenvalue weighted by molar-refractivity contribution is 6.25. The molecule has 62 heavy (non-hydrogen) atoms. The van der Waals surface area contributed by atoms with E-state index in [0.717, 1.165) is 5.69 Å². The second-order valence-electron chi connectivity index (χ2n) is 16.4. The Morgan fingerprint density at radius 3 is 1.11 bits per heavy atom. The molecule has 288 valence electrons. The summed E-state index contributed by atoms with van der Waals surface area (Å²) in [5, 5.41) is 12.7. The maximum absolute atomic E-state index is 2.44. The van der Waals surface area contributed by atoms with Crippen LogP contribution in [0.15, 0.2) is 231 Å². The summed E-state index contributed by atoms with van der Waals surface area (Å²) in [5.74, 6) is 0. The van der Waals surface area contributed by atoms with Crippen molar-refractivity contribution in [1.29, 1.82) is 0 Å². The van der Waals surface area contributed by atoms with E-state index in [1.807, 2.05) is 0 Å². The van der Waals surface area contributed by atoms with Gasteiger partial charge < -0.3 is 9.13 Å².